The number of carbonyl (C=O) groups excluding carboxylic acids is 1. The maximum absolute atomic E-state index is 12.0. The standard InChI is InChI=1S/C12H19N3O4S/c1-8-10(6-11(19-8)20(17,18)13-2)12(16)15-7-9-4-3-5-14-9/h6,9,13-14H,3-5,7H2,1-2H3,(H,15,16). The molecule has 1 aliphatic rings. The van der Waals surface area contributed by atoms with Gasteiger partial charge >= 0.3 is 0 Å². The van der Waals surface area contributed by atoms with Gasteiger partial charge in [-0.1, -0.05) is 0 Å². The highest BCUT2D eigenvalue weighted by molar-refractivity contribution is 7.89. The van der Waals surface area contributed by atoms with Crippen molar-refractivity contribution in [2.24, 2.45) is 0 Å². The molecule has 1 aromatic heterocycles. The number of hydrogen-bond acceptors (Lipinski definition) is 5. The molecule has 8 heteroatoms. The molecular formula is C12H19N3O4S. The van der Waals surface area contributed by atoms with Crippen molar-refractivity contribution in [2.75, 3.05) is 20.1 Å². The Morgan fingerprint density at radius 2 is 2.30 bits per heavy atom. The monoisotopic (exact) mass is 301 g/mol. The van der Waals surface area contributed by atoms with Crippen molar-refractivity contribution in [3.63, 3.8) is 0 Å². The fourth-order valence-corrected chi connectivity index (χ4v) is 2.86. The van der Waals surface area contributed by atoms with Crippen LogP contribution in [-0.4, -0.2) is 40.5 Å². The van der Waals surface area contributed by atoms with Crippen LogP contribution in [0.25, 0.3) is 0 Å². The summed E-state index contributed by atoms with van der Waals surface area (Å²) in [6.45, 7) is 3.06. The Morgan fingerprint density at radius 3 is 2.90 bits per heavy atom. The number of rotatable bonds is 5. The molecule has 1 aliphatic heterocycles. The minimum absolute atomic E-state index is 0.247. The molecular weight excluding hydrogens is 282 g/mol. The van der Waals surface area contributed by atoms with Crippen molar-refractivity contribution in [1.29, 1.82) is 0 Å². The van der Waals surface area contributed by atoms with E-state index in [2.05, 4.69) is 15.4 Å². The fourth-order valence-electron chi connectivity index (χ4n) is 2.16. The number of amides is 1. The number of hydrogen-bond donors (Lipinski definition) is 3. The first-order chi connectivity index (χ1) is 9.44. The molecule has 3 N–H and O–H groups in total. The largest absolute Gasteiger partial charge is 0.448 e. The molecule has 7 nitrogen and oxygen atoms in total. The van der Waals surface area contributed by atoms with Crippen LogP contribution in [0.2, 0.25) is 0 Å². The number of aryl methyl sites for hydroxylation is 1. The van der Waals surface area contributed by atoms with Crippen LogP contribution < -0.4 is 15.4 Å². The van der Waals surface area contributed by atoms with Gasteiger partial charge in [-0.15, -0.1) is 0 Å². The molecule has 2 heterocycles. The zero-order chi connectivity index (χ0) is 14.8. The summed E-state index contributed by atoms with van der Waals surface area (Å²) in [4.78, 5) is 12.0. The van der Waals surface area contributed by atoms with Gasteiger partial charge in [0.05, 0.1) is 5.56 Å². The summed E-state index contributed by atoms with van der Waals surface area (Å²) in [6.07, 6.45) is 2.14. The molecule has 0 aliphatic carbocycles. The van der Waals surface area contributed by atoms with E-state index in [4.69, 9.17) is 4.42 Å². The molecule has 1 unspecified atom stereocenters. The lowest BCUT2D eigenvalue weighted by atomic mass is 10.2. The van der Waals surface area contributed by atoms with Crippen LogP contribution in [0.3, 0.4) is 0 Å². The first-order valence-corrected chi connectivity index (χ1v) is 7.98. The fraction of sp³-hybridized carbons (Fsp3) is 0.583. The minimum Gasteiger partial charge on any atom is -0.448 e. The van der Waals surface area contributed by atoms with Gasteiger partial charge in [-0.05, 0) is 33.4 Å². The molecule has 0 aromatic carbocycles. The molecule has 0 bridgehead atoms. The van der Waals surface area contributed by atoms with E-state index in [9.17, 15) is 13.2 Å². The second-order valence-electron chi connectivity index (χ2n) is 4.75. The summed E-state index contributed by atoms with van der Waals surface area (Å²) in [5.41, 5.74) is 0.247. The highest BCUT2D eigenvalue weighted by Gasteiger charge is 2.23. The Hall–Kier alpha value is -1.38. The van der Waals surface area contributed by atoms with Gasteiger partial charge in [0.1, 0.15) is 5.76 Å². The topological polar surface area (TPSA) is 100 Å². The normalized spacial score (nSPS) is 19.2. The van der Waals surface area contributed by atoms with Crippen LogP contribution >= 0.6 is 0 Å². The Balaban J connectivity index is 2.06. The number of sulfonamides is 1. The third kappa shape index (κ3) is 3.20. The summed E-state index contributed by atoms with van der Waals surface area (Å²) in [7, 11) is -2.38. The van der Waals surface area contributed by atoms with Crippen molar-refractivity contribution >= 4 is 15.9 Å². The minimum atomic E-state index is -3.67. The third-order valence-electron chi connectivity index (χ3n) is 3.34. The van der Waals surface area contributed by atoms with Crippen LogP contribution in [0.15, 0.2) is 15.6 Å². The Kier molecular flexibility index (Phi) is 4.46. The third-order valence-corrected chi connectivity index (χ3v) is 4.61. The SMILES string of the molecule is CNS(=O)(=O)c1cc(C(=O)NCC2CCCN2)c(C)o1. The highest BCUT2D eigenvalue weighted by atomic mass is 32.2. The Labute approximate surface area is 118 Å². The van der Waals surface area contributed by atoms with Gasteiger partial charge in [0.2, 0.25) is 5.09 Å². The Morgan fingerprint density at radius 1 is 1.55 bits per heavy atom. The molecule has 0 saturated carbocycles. The summed E-state index contributed by atoms with van der Waals surface area (Å²) < 4.78 is 30.5. The van der Waals surface area contributed by atoms with E-state index in [0.29, 0.717) is 6.54 Å². The molecule has 1 aromatic rings. The summed E-state index contributed by atoms with van der Waals surface area (Å²) in [5, 5.41) is 5.81. The maximum Gasteiger partial charge on any atom is 0.273 e. The van der Waals surface area contributed by atoms with Gasteiger partial charge in [0.25, 0.3) is 15.9 Å². The predicted molar refractivity (Wildman–Crippen MR) is 73.0 cm³/mol. The van der Waals surface area contributed by atoms with Crippen molar-refractivity contribution in [2.45, 2.75) is 30.9 Å². The first kappa shape index (κ1) is 15.0. The molecule has 0 radical (unpaired) electrons. The quantitative estimate of drug-likeness (QED) is 0.709. The highest BCUT2D eigenvalue weighted by Crippen LogP contribution is 2.18. The molecule has 1 fully saturated rings. The van der Waals surface area contributed by atoms with Crippen molar-refractivity contribution in [3.05, 3.63) is 17.4 Å². The summed E-state index contributed by atoms with van der Waals surface area (Å²) in [5.74, 6) is -0.0341. The number of carbonyl (C=O) groups is 1. The lowest BCUT2D eigenvalue weighted by molar-refractivity contribution is 0.0949. The zero-order valence-electron chi connectivity index (χ0n) is 11.5. The molecule has 0 spiro atoms. The van der Waals surface area contributed by atoms with Crippen LogP contribution in [0.4, 0.5) is 0 Å². The molecule has 112 valence electrons. The van der Waals surface area contributed by atoms with Gasteiger partial charge in [0, 0.05) is 18.7 Å². The summed E-state index contributed by atoms with van der Waals surface area (Å²) >= 11 is 0. The lowest BCUT2D eigenvalue weighted by Gasteiger charge is -2.10. The van der Waals surface area contributed by atoms with Gasteiger partial charge in [-0.3, -0.25) is 4.79 Å². The van der Waals surface area contributed by atoms with Crippen molar-refractivity contribution in [3.8, 4) is 0 Å². The molecule has 20 heavy (non-hydrogen) atoms. The van der Waals surface area contributed by atoms with E-state index >= 15 is 0 Å². The van der Waals surface area contributed by atoms with Crippen LogP contribution in [0, 0.1) is 6.92 Å². The molecule has 1 saturated heterocycles. The van der Waals surface area contributed by atoms with Gasteiger partial charge in [0.15, 0.2) is 0 Å². The zero-order valence-corrected chi connectivity index (χ0v) is 12.3. The van der Waals surface area contributed by atoms with E-state index in [1.54, 1.807) is 6.92 Å². The van der Waals surface area contributed by atoms with Crippen molar-refractivity contribution < 1.29 is 17.6 Å². The van der Waals surface area contributed by atoms with Gasteiger partial charge < -0.3 is 15.1 Å². The average Bonchev–Trinajstić information content (AvgIpc) is 3.05. The van der Waals surface area contributed by atoms with E-state index in [1.165, 1.54) is 13.1 Å². The predicted octanol–water partition coefficient (Wildman–Crippen LogP) is -0.0221. The second kappa shape index (κ2) is 5.94. The van der Waals surface area contributed by atoms with E-state index in [1.807, 2.05) is 0 Å². The van der Waals surface area contributed by atoms with Gasteiger partial charge in [-0.2, -0.15) is 0 Å². The molecule has 1 amide bonds. The van der Waals surface area contributed by atoms with Gasteiger partial charge in [-0.25, -0.2) is 13.1 Å². The lowest BCUT2D eigenvalue weighted by Crippen LogP contribution is -2.37. The van der Waals surface area contributed by atoms with E-state index in [-0.39, 0.29) is 28.4 Å². The van der Waals surface area contributed by atoms with Crippen LogP contribution in [0.1, 0.15) is 29.0 Å². The van der Waals surface area contributed by atoms with E-state index in [0.717, 1.165) is 19.4 Å². The molecule has 2 rings (SSSR count). The van der Waals surface area contributed by atoms with Crippen LogP contribution in [-0.2, 0) is 10.0 Å². The molecule has 1 atom stereocenters. The van der Waals surface area contributed by atoms with Crippen LogP contribution in [0.5, 0.6) is 0 Å². The first-order valence-electron chi connectivity index (χ1n) is 6.49. The average molecular weight is 301 g/mol. The Bertz CT molecular complexity index is 588. The number of furan rings is 1. The number of nitrogens with one attached hydrogen (secondary N) is 3. The van der Waals surface area contributed by atoms with E-state index < -0.39 is 10.0 Å². The van der Waals surface area contributed by atoms with Crippen molar-refractivity contribution in [1.82, 2.24) is 15.4 Å². The summed E-state index contributed by atoms with van der Waals surface area (Å²) in [6, 6.07) is 1.53. The smallest absolute Gasteiger partial charge is 0.273 e. The maximum atomic E-state index is 12.0. The second-order valence-corrected chi connectivity index (χ2v) is 6.56.